The highest BCUT2D eigenvalue weighted by Gasteiger charge is 2.54. The predicted molar refractivity (Wildman–Crippen MR) is 104 cm³/mol. The quantitative estimate of drug-likeness (QED) is 0.790. The first-order chi connectivity index (χ1) is 13.8. The Bertz CT molecular complexity index is 1030. The van der Waals surface area contributed by atoms with Crippen LogP contribution in [0.25, 0.3) is 0 Å². The smallest absolute Gasteiger partial charge is 0.274 e. The molecule has 3 heterocycles. The van der Waals surface area contributed by atoms with Gasteiger partial charge in [0.2, 0.25) is 5.91 Å². The summed E-state index contributed by atoms with van der Waals surface area (Å²) >= 11 is 5.78. The van der Waals surface area contributed by atoms with E-state index < -0.39 is 23.2 Å². The Balaban J connectivity index is 1.71. The molecule has 2 aliphatic heterocycles. The highest BCUT2D eigenvalue weighted by Crippen LogP contribution is 2.44. The number of anilines is 1. The van der Waals surface area contributed by atoms with Gasteiger partial charge >= 0.3 is 0 Å². The Morgan fingerprint density at radius 2 is 2.21 bits per heavy atom. The molecule has 1 aromatic carbocycles. The second-order valence-electron chi connectivity index (χ2n) is 6.87. The number of fused-ring (bicyclic) bond motifs is 1. The molecule has 2 atom stereocenters. The first-order valence-corrected chi connectivity index (χ1v) is 9.13. The molecule has 150 valence electrons. The molecule has 1 saturated heterocycles. The van der Waals surface area contributed by atoms with E-state index in [-0.39, 0.29) is 36.3 Å². The number of ether oxygens (including phenoxy) is 1. The van der Waals surface area contributed by atoms with Crippen LogP contribution in [0.1, 0.15) is 16.1 Å². The minimum absolute atomic E-state index is 0.00497. The minimum Gasteiger partial charge on any atom is -0.378 e. The van der Waals surface area contributed by atoms with Crippen LogP contribution in [0, 0.1) is 11.7 Å². The molecule has 8 nitrogen and oxygen atoms in total. The molecule has 1 aromatic heterocycles. The lowest BCUT2D eigenvalue weighted by molar-refractivity contribution is -0.133. The molecule has 10 heteroatoms. The second kappa shape index (κ2) is 7.09. The van der Waals surface area contributed by atoms with Gasteiger partial charge in [-0.25, -0.2) is 14.4 Å². The fraction of sp³-hybridized carbons (Fsp3) is 0.263. The Hall–Kier alpha value is -3.04. The lowest BCUT2D eigenvalue weighted by atomic mass is 9.78. The monoisotopic (exact) mass is 417 g/mol. The standard InChI is InChI=1S/C19H17ClFN5O3/c1-26-17(28)13-8-29-9-19(13,25-18(26)22)12-6-11(3-4-14(12)21)24-16(27)15-5-2-10(20)7-23-15/h2-7,13H,8-9H2,1H3,(H2,22,25)(H,24,27). The molecule has 0 spiro atoms. The molecule has 2 amide bonds. The third-order valence-corrected chi connectivity index (χ3v) is 5.34. The number of nitrogens with two attached hydrogens (primary N) is 1. The van der Waals surface area contributed by atoms with Gasteiger partial charge in [0, 0.05) is 24.5 Å². The van der Waals surface area contributed by atoms with Gasteiger partial charge in [-0.1, -0.05) is 11.6 Å². The van der Waals surface area contributed by atoms with Crippen molar-refractivity contribution in [2.75, 3.05) is 25.6 Å². The van der Waals surface area contributed by atoms with Gasteiger partial charge in [-0.05, 0) is 30.3 Å². The van der Waals surface area contributed by atoms with Crippen LogP contribution in [0.3, 0.4) is 0 Å². The fourth-order valence-corrected chi connectivity index (χ4v) is 3.66. The van der Waals surface area contributed by atoms with E-state index in [1.54, 1.807) is 6.07 Å². The van der Waals surface area contributed by atoms with Gasteiger partial charge in [0.25, 0.3) is 5.91 Å². The van der Waals surface area contributed by atoms with Gasteiger partial charge < -0.3 is 15.8 Å². The first kappa shape index (κ1) is 19.3. The molecule has 2 unspecified atom stereocenters. The fourth-order valence-electron chi connectivity index (χ4n) is 3.55. The average Bonchev–Trinajstić information content (AvgIpc) is 3.13. The molecule has 3 N–H and O–H groups in total. The second-order valence-corrected chi connectivity index (χ2v) is 7.31. The van der Waals surface area contributed by atoms with Crippen LogP contribution in [0.4, 0.5) is 10.1 Å². The highest BCUT2D eigenvalue weighted by molar-refractivity contribution is 6.30. The van der Waals surface area contributed by atoms with E-state index in [4.69, 9.17) is 22.1 Å². The predicted octanol–water partition coefficient (Wildman–Crippen LogP) is 1.75. The summed E-state index contributed by atoms with van der Waals surface area (Å²) in [7, 11) is 1.51. The van der Waals surface area contributed by atoms with Crippen molar-refractivity contribution < 1.29 is 18.7 Å². The van der Waals surface area contributed by atoms with Crippen LogP contribution >= 0.6 is 11.6 Å². The summed E-state index contributed by atoms with van der Waals surface area (Å²) in [4.78, 5) is 34.7. The number of nitrogens with zero attached hydrogens (tertiary/aromatic N) is 3. The summed E-state index contributed by atoms with van der Waals surface area (Å²) in [5, 5.41) is 3.07. The summed E-state index contributed by atoms with van der Waals surface area (Å²) < 4.78 is 20.3. The lowest BCUT2D eigenvalue weighted by Gasteiger charge is -2.37. The van der Waals surface area contributed by atoms with Crippen LogP contribution < -0.4 is 11.1 Å². The first-order valence-electron chi connectivity index (χ1n) is 8.75. The van der Waals surface area contributed by atoms with Crippen LogP contribution in [0.15, 0.2) is 41.5 Å². The SMILES string of the molecule is CN1C(=O)C2COCC2(c2cc(NC(=O)c3ccc(Cl)cn3)ccc2F)N=C1N. The van der Waals surface area contributed by atoms with Crippen molar-refractivity contribution in [3.8, 4) is 0 Å². The molecule has 0 radical (unpaired) electrons. The third-order valence-electron chi connectivity index (χ3n) is 5.12. The van der Waals surface area contributed by atoms with Gasteiger partial charge in [-0.2, -0.15) is 0 Å². The number of carbonyl (C=O) groups is 2. The number of guanidine groups is 1. The molecule has 2 aromatic rings. The van der Waals surface area contributed by atoms with E-state index in [9.17, 15) is 14.0 Å². The molecule has 1 fully saturated rings. The number of hydrogen-bond donors (Lipinski definition) is 2. The highest BCUT2D eigenvalue weighted by atomic mass is 35.5. The molecule has 2 aliphatic rings. The topological polar surface area (TPSA) is 110 Å². The van der Waals surface area contributed by atoms with Gasteiger partial charge in [0.15, 0.2) is 5.96 Å². The Morgan fingerprint density at radius 1 is 1.41 bits per heavy atom. The van der Waals surface area contributed by atoms with E-state index in [2.05, 4.69) is 15.3 Å². The van der Waals surface area contributed by atoms with Crippen molar-refractivity contribution in [1.82, 2.24) is 9.88 Å². The Morgan fingerprint density at radius 3 is 2.93 bits per heavy atom. The number of nitrogens with one attached hydrogen (secondary N) is 1. The number of hydrogen-bond acceptors (Lipinski definition) is 6. The van der Waals surface area contributed by atoms with Crippen LogP contribution in [0.2, 0.25) is 5.02 Å². The number of amides is 2. The summed E-state index contributed by atoms with van der Waals surface area (Å²) in [6.07, 6.45) is 1.35. The molecule has 0 bridgehead atoms. The third kappa shape index (κ3) is 3.22. The molecular formula is C19H17ClFN5O3. The number of aliphatic imine (C=N–C) groups is 1. The summed E-state index contributed by atoms with van der Waals surface area (Å²) in [5.41, 5.74) is 5.22. The lowest BCUT2D eigenvalue weighted by Crippen LogP contribution is -2.54. The number of halogens is 2. The van der Waals surface area contributed by atoms with E-state index in [0.29, 0.717) is 10.7 Å². The average molecular weight is 418 g/mol. The normalized spacial score (nSPS) is 23.6. The van der Waals surface area contributed by atoms with Crippen molar-refractivity contribution in [2.45, 2.75) is 5.54 Å². The van der Waals surface area contributed by atoms with E-state index in [1.165, 1.54) is 42.4 Å². The van der Waals surface area contributed by atoms with E-state index in [0.717, 1.165) is 0 Å². The van der Waals surface area contributed by atoms with Gasteiger partial charge in [0.05, 0.1) is 24.2 Å². The van der Waals surface area contributed by atoms with Gasteiger partial charge in [0.1, 0.15) is 17.1 Å². The Kier molecular flexibility index (Phi) is 4.71. The molecule has 4 rings (SSSR count). The van der Waals surface area contributed by atoms with Crippen molar-refractivity contribution in [1.29, 1.82) is 0 Å². The molecular weight excluding hydrogens is 401 g/mol. The maximum Gasteiger partial charge on any atom is 0.274 e. The summed E-state index contributed by atoms with van der Waals surface area (Å²) in [5.74, 6) is -2.08. The van der Waals surface area contributed by atoms with Crippen LogP contribution in [-0.4, -0.2) is 47.9 Å². The number of rotatable bonds is 3. The molecule has 29 heavy (non-hydrogen) atoms. The Labute approximate surface area is 170 Å². The van der Waals surface area contributed by atoms with Crippen LogP contribution in [-0.2, 0) is 15.1 Å². The largest absolute Gasteiger partial charge is 0.378 e. The van der Waals surface area contributed by atoms with Crippen molar-refractivity contribution in [2.24, 2.45) is 16.6 Å². The number of carbonyl (C=O) groups excluding carboxylic acids is 2. The number of benzene rings is 1. The zero-order chi connectivity index (χ0) is 20.8. The van der Waals surface area contributed by atoms with Gasteiger partial charge in [-0.3, -0.25) is 14.5 Å². The maximum atomic E-state index is 14.8. The van der Waals surface area contributed by atoms with Crippen molar-refractivity contribution in [3.05, 3.63) is 58.6 Å². The number of pyridine rings is 1. The summed E-state index contributed by atoms with van der Waals surface area (Å²) in [6, 6.07) is 7.08. The molecule has 0 aliphatic carbocycles. The van der Waals surface area contributed by atoms with E-state index >= 15 is 0 Å². The van der Waals surface area contributed by atoms with E-state index in [1.807, 2.05) is 0 Å². The number of aromatic nitrogens is 1. The molecule has 0 saturated carbocycles. The van der Waals surface area contributed by atoms with Crippen molar-refractivity contribution in [3.63, 3.8) is 0 Å². The van der Waals surface area contributed by atoms with Gasteiger partial charge in [-0.15, -0.1) is 0 Å². The zero-order valence-corrected chi connectivity index (χ0v) is 16.1. The van der Waals surface area contributed by atoms with Crippen LogP contribution in [0.5, 0.6) is 0 Å². The minimum atomic E-state index is -1.28. The zero-order valence-electron chi connectivity index (χ0n) is 15.4. The summed E-state index contributed by atoms with van der Waals surface area (Å²) in [6.45, 7) is 0.107. The van der Waals surface area contributed by atoms with Crippen molar-refractivity contribution >= 4 is 35.1 Å². The maximum absolute atomic E-state index is 14.8.